The molecule has 1 atom stereocenters. The molecule has 164 valence electrons. The second kappa shape index (κ2) is 9.01. The van der Waals surface area contributed by atoms with Crippen LogP contribution in [0.3, 0.4) is 0 Å². The van der Waals surface area contributed by atoms with Crippen molar-refractivity contribution in [1.29, 1.82) is 0 Å². The number of hydrogen-bond acceptors (Lipinski definition) is 9. The lowest BCUT2D eigenvalue weighted by molar-refractivity contribution is 0.0950. The summed E-state index contributed by atoms with van der Waals surface area (Å²) in [6.45, 7) is 0.265. The van der Waals surface area contributed by atoms with E-state index in [1.807, 2.05) is 11.6 Å². The highest BCUT2D eigenvalue weighted by Gasteiger charge is 2.32. The lowest BCUT2D eigenvalue weighted by Gasteiger charge is -2.07. The molecule has 1 aliphatic rings. The van der Waals surface area contributed by atoms with Gasteiger partial charge in [-0.25, -0.2) is 12.8 Å². The van der Waals surface area contributed by atoms with Gasteiger partial charge in [-0.3, -0.25) is 4.79 Å². The smallest absolute Gasteiger partial charge is 0.282 e. The second-order valence-corrected chi connectivity index (χ2v) is 11.3. The normalized spacial score (nSPS) is 17.7. The topological polar surface area (TPSA) is 120 Å². The molecule has 1 aromatic carbocycles. The maximum atomic E-state index is 12.9. The van der Waals surface area contributed by atoms with Gasteiger partial charge in [0.1, 0.15) is 16.6 Å². The van der Waals surface area contributed by atoms with Gasteiger partial charge < -0.3 is 9.88 Å². The number of nitrogens with zero attached hydrogens (tertiary/aromatic N) is 5. The van der Waals surface area contributed by atoms with E-state index in [4.69, 9.17) is 0 Å². The number of nitrogens with one attached hydrogen (secondary N) is 1. The van der Waals surface area contributed by atoms with E-state index in [0.717, 1.165) is 5.56 Å². The van der Waals surface area contributed by atoms with Crippen LogP contribution in [0.4, 0.5) is 4.39 Å². The van der Waals surface area contributed by atoms with Gasteiger partial charge in [0.25, 0.3) is 5.91 Å². The van der Waals surface area contributed by atoms with Crippen LogP contribution in [0, 0.1) is 5.82 Å². The third kappa shape index (κ3) is 5.28. The minimum Gasteiger partial charge on any atom is -0.346 e. The molecule has 3 heterocycles. The summed E-state index contributed by atoms with van der Waals surface area (Å²) in [7, 11) is -1.18. The second-order valence-electron chi connectivity index (χ2n) is 7.10. The Kier molecular flexibility index (Phi) is 6.34. The molecule has 0 saturated carbocycles. The Hall–Kier alpha value is -2.38. The quantitative estimate of drug-likeness (QED) is 0.507. The van der Waals surface area contributed by atoms with Crippen molar-refractivity contribution in [2.24, 2.45) is 7.05 Å². The molecule has 31 heavy (non-hydrogen) atoms. The van der Waals surface area contributed by atoms with Gasteiger partial charge in [-0.2, -0.15) is 0 Å². The molecule has 0 radical (unpaired) electrons. The van der Waals surface area contributed by atoms with Crippen LogP contribution >= 0.6 is 23.1 Å². The zero-order valence-electron chi connectivity index (χ0n) is 16.5. The van der Waals surface area contributed by atoms with E-state index in [1.165, 1.54) is 35.2 Å². The SMILES string of the molecule is Cn1c(SCc2nnc(C(=O)NCc3ccc(F)cc3)s2)nnc1[C@@H]1CCS(=O)(=O)C1. The van der Waals surface area contributed by atoms with E-state index < -0.39 is 9.84 Å². The highest BCUT2D eigenvalue weighted by molar-refractivity contribution is 7.98. The summed E-state index contributed by atoms with van der Waals surface area (Å²) < 4.78 is 38.2. The summed E-state index contributed by atoms with van der Waals surface area (Å²) in [4.78, 5) is 12.3. The molecule has 1 fully saturated rings. The molecule has 1 N–H and O–H groups in total. The fraction of sp³-hybridized carbons (Fsp3) is 0.389. The van der Waals surface area contributed by atoms with Gasteiger partial charge >= 0.3 is 0 Å². The van der Waals surface area contributed by atoms with Gasteiger partial charge in [-0.1, -0.05) is 35.2 Å². The van der Waals surface area contributed by atoms with Crippen LogP contribution in [-0.4, -0.2) is 50.8 Å². The predicted molar refractivity (Wildman–Crippen MR) is 114 cm³/mol. The van der Waals surface area contributed by atoms with Crippen molar-refractivity contribution in [1.82, 2.24) is 30.3 Å². The molecule has 2 aromatic heterocycles. The maximum Gasteiger partial charge on any atom is 0.282 e. The van der Waals surface area contributed by atoms with Crippen LogP contribution in [-0.2, 0) is 29.2 Å². The first-order chi connectivity index (χ1) is 14.8. The first-order valence-electron chi connectivity index (χ1n) is 9.38. The van der Waals surface area contributed by atoms with E-state index in [2.05, 4.69) is 25.7 Å². The summed E-state index contributed by atoms with van der Waals surface area (Å²) >= 11 is 2.58. The van der Waals surface area contributed by atoms with Gasteiger partial charge in [-0.15, -0.1) is 20.4 Å². The van der Waals surface area contributed by atoms with E-state index in [9.17, 15) is 17.6 Å². The molecule has 1 amide bonds. The summed E-state index contributed by atoms with van der Waals surface area (Å²) in [6.07, 6.45) is 0.561. The summed E-state index contributed by atoms with van der Waals surface area (Å²) in [5, 5.41) is 20.6. The van der Waals surface area contributed by atoms with Crippen molar-refractivity contribution in [2.75, 3.05) is 11.5 Å². The highest BCUT2D eigenvalue weighted by Crippen LogP contribution is 2.30. The summed E-state index contributed by atoms with van der Waals surface area (Å²) in [5.41, 5.74) is 0.781. The number of thioether (sulfide) groups is 1. The number of hydrogen-bond donors (Lipinski definition) is 1. The number of aromatic nitrogens is 5. The first-order valence-corrected chi connectivity index (χ1v) is 13.0. The van der Waals surface area contributed by atoms with Crippen LogP contribution in [0.5, 0.6) is 0 Å². The number of sulfone groups is 1. The van der Waals surface area contributed by atoms with Crippen LogP contribution < -0.4 is 5.32 Å². The van der Waals surface area contributed by atoms with Crippen molar-refractivity contribution < 1.29 is 17.6 Å². The van der Waals surface area contributed by atoms with Crippen molar-refractivity contribution in [2.45, 2.75) is 29.8 Å². The van der Waals surface area contributed by atoms with Crippen molar-refractivity contribution in [3.63, 3.8) is 0 Å². The number of halogens is 1. The van der Waals surface area contributed by atoms with Crippen LogP contribution in [0.1, 0.15) is 38.5 Å². The largest absolute Gasteiger partial charge is 0.346 e. The van der Waals surface area contributed by atoms with Crippen LogP contribution in [0.2, 0.25) is 0 Å². The molecule has 13 heteroatoms. The highest BCUT2D eigenvalue weighted by atomic mass is 32.2. The molecule has 0 unspecified atom stereocenters. The van der Waals surface area contributed by atoms with E-state index in [0.29, 0.717) is 28.2 Å². The maximum absolute atomic E-state index is 12.9. The molecule has 0 aliphatic carbocycles. The Bertz CT molecular complexity index is 1190. The molecule has 3 aromatic rings. The number of carbonyl (C=O) groups is 1. The van der Waals surface area contributed by atoms with Gasteiger partial charge in [0.2, 0.25) is 5.01 Å². The average Bonchev–Trinajstić information content (AvgIpc) is 3.44. The van der Waals surface area contributed by atoms with E-state index >= 15 is 0 Å². The standard InChI is InChI=1S/C18H19FN6O3S3/c1-25-15(12-6-7-31(27,28)10-12)22-24-18(25)29-9-14-21-23-17(30-14)16(26)20-8-11-2-4-13(19)5-3-11/h2-5,12H,6-10H2,1H3,(H,20,26)/t12-/m1/s1. The third-order valence-corrected chi connectivity index (χ3v) is 8.72. The third-order valence-electron chi connectivity index (χ3n) is 4.82. The Morgan fingerprint density at radius 1 is 1.26 bits per heavy atom. The predicted octanol–water partition coefficient (Wildman–Crippen LogP) is 1.93. The summed E-state index contributed by atoms with van der Waals surface area (Å²) in [6, 6.07) is 5.89. The fourth-order valence-electron chi connectivity index (χ4n) is 3.20. The zero-order valence-corrected chi connectivity index (χ0v) is 18.9. The minimum absolute atomic E-state index is 0.108. The Balaban J connectivity index is 1.32. The Labute approximate surface area is 186 Å². The van der Waals surface area contributed by atoms with E-state index in [-0.39, 0.29) is 40.7 Å². The first kappa shape index (κ1) is 21.8. The number of amides is 1. The fourth-order valence-corrected chi connectivity index (χ4v) is 6.60. The molecule has 1 aliphatic heterocycles. The number of benzene rings is 1. The zero-order chi connectivity index (χ0) is 22.0. The molecule has 0 spiro atoms. The van der Waals surface area contributed by atoms with Crippen LogP contribution in [0.25, 0.3) is 0 Å². The lowest BCUT2D eigenvalue weighted by atomic mass is 10.1. The Morgan fingerprint density at radius 3 is 2.74 bits per heavy atom. The molecule has 9 nitrogen and oxygen atoms in total. The summed E-state index contributed by atoms with van der Waals surface area (Å²) in [5.74, 6) is 0.612. The molecule has 0 bridgehead atoms. The molecule has 1 saturated heterocycles. The van der Waals surface area contributed by atoms with E-state index in [1.54, 1.807) is 12.1 Å². The lowest BCUT2D eigenvalue weighted by Crippen LogP contribution is -2.22. The molecular weight excluding hydrogens is 463 g/mol. The van der Waals surface area contributed by atoms with Crippen molar-refractivity contribution in [3.8, 4) is 0 Å². The average molecular weight is 483 g/mol. The van der Waals surface area contributed by atoms with Gasteiger partial charge in [-0.05, 0) is 24.1 Å². The van der Waals surface area contributed by atoms with Gasteiger partial charge in [0.05, 0.1) is 17.3 Å². The minimum atomic E-state index is -3.00. The number of carbonyl (C=O) groups excluding carboxylic acids is 1. The number of rotatable bonds is 7. The van der Waals surface area contributed by atoms with Gasteiger partial charge in [0.15, 0.2) is 15.0 Å². The van der Waals surface area contributed by atoms with Crippen LogP contribution in [0.15, 0.2) is 29.4 Å². The van der Waals surface area contributed by atoms with Gasteiger partial charge in [0, 0.05) is 19.5 Å². The molecular formula is C18H19FN6O3S3. The Morgan fingerprint density at radius 2 is 2.03 bits per heavy atom. The monoisotopic (exact) mass is 482 g/mol. The van der Waals surface area contributed by atoms with Crippen molar-refractivity contribution in [3.05, 3.63) is 51.5 Å². The van der Waals surface area contributed by atoms with Crippen molar-refractivity contribution >= 4 is 38.8 Å². The molecule has 4 rings (SSSR count).